The van der Waals surface area contributed by atoms with E-state index in [2.05, 4.69) is 0 Å². The molecule has 2 N–H and O–H groups in total. The number of ether oxygens (including phenoxy) is 2. The molecule has 1 amide bonds. The summed E-state index contributed by atoms with van der Waals surface area (Å²) in [5.41, 5.74) is 3.37. The third kappa shape index (κ3) is 5.76. The quantitative estimate of drug-likeness (QED) is 0.602. The van der Waals surface area contributed by atoms with Crippen LogP contribution in [0, 0.1) is 17.2 Å². The van der Waals surface area contributed by atoms with E-state index in [1.807, 2.05) is 62.3 Å². The van der Waals surface area contributed by atoms with Crippen molar-refractivity contribution in [3.05, 3.63) is 24.0 Å². The van der Waals surface area contributed by atoms with Gasteiger partial charge in [0.15, 0.2) is 11.6 Å². The number of carbonyl (C=O) groups excluding carboxylic acids is 1. The largest absolute Gasteiger partial charge is 0.494 e. The highest BCUT2D eigenvalue weighted by molar-refractivity contribution is 6.62. The van der Waals surface area contributed by atoms with Crippen LogP contribution in [0.3, 0.4) is 0 Å². The van der Waals surface area contributed by atoms with Crippen molar-refractivity contribution < 1.29 is 28.0 Å². The zero-order chi connectivity index (χ0) is 24.7. The van der Waals surface area contributed by atoms with E-state index in [-0.39, 0.29) is 11.7 Å². The Hall–Kier alpha value is -1.80. The lowest BCUT2D eigenvalue weighted by molar-refractivity contribution is -0.108. The van der Waals surface area contributed by atoms with Gasteiger partial charge in [0.05, 0.1) is 11.2 Å². The van der Waals surface area contributed by atoms with Crippen molar-refractivity contribution in [2.75, 3.05) is 0 Å². The number of primary amides is 1. The topological polar surface area (TPSA) is 80.0 Å². The second kappa shape index (κ2) is 8.86. The summed E-state index contributed by atoms with van der Waals surface area (Å²) in [6.07, 6.45) is -1.03. The highest BCUT2D eigenvalue weighted by atomic mass is 19.1. The number of hydrogen-bond donors (Lipinski definition) is 1. The van der Waals surface area contributed by atoms with Gasteiger partial charge >= 0.3 is 13.2 Å². The third-order valence-corrected chi connectivity index (χ3v) is 6.21. The molecule has 2 rings (SSSR count). The molecule has 2 atom stereocenters. The molecule has 1 saturated heterocycles. The van der Waals surface area contributed by atoms with Gasteiger partial charge in [-0.3, -0.25) is 0 Å². The van der Waals surface area contributed by atoms with Crippen molar-refractivity contribution in [3.63, 3.8) is 0 Å². The summed E-state index contributed by atoms with van der Waals surface area (Å²) >= 11 is 0. The fraction of sp³-hybridized carbons (Fsp3) is 0.708. The smallest absolute Gasteiger partial charge is 0.483 e. The molecule has 0 bridgehead atoms. The van der Waals surface area contributed by atoms with E-state index in [0.717, 1.165) is 0 Å². The maximum atomic E-state index is 15.2. The van der Waals surface area contributed by atoms with Gasteiger partial charge in [-0.2, -0.15) is 0 Å². The van der Waals surface area contributed by atoms with Crippen LogP contribution < -0.4 is 15.9 Å². The van der Waals surface area contributed by atoms with Gasteiger partial charge in [0.2, 0.25) is 0 Å². The van der Waals surface area contributed by atoms with E-state index in [9.17, 15) is 4.79 Å². The van der Waals surface area contributed by atoms with Crippen LogP contribution in [0.1, 0.15) is 75.7 Å². The van der Waals surface area contributed by atoms with E-state index in [1.165, 1.54) is 6.07 Å². The van der Waals surface area contributed by atoms with Gasteiger partial charge in [0, 0.05) is 5.41 Å². The van der Waals surface area contributed by atoms with Crippen LogP contribution in [0.15, 0.2) is 18.2 Å². The van der Waals surface area contributed by atoms with Crippen LogP contribution in [0.2, 0.25) is 0 Å². The van der Waals surface area contributed by atoms with E-state index in [1.54, 1.807) is 19.1 Å². The molecule has 0 aromatic heterocycles. The average molecular weight is 451 g/mol. The number of carbonyl (C=O) groups is 1. The molecule has 0 radical (unpaired) electrons. The first-order valence-corrected chi connectivity index (χ1v) is 11.2. The van der Waals surface area contributed by atoms with Crippen molar-refractivity contribution in [2.24, 2.45) is 17.1 Å². The molecule has 6 nitrogen and oxygen atoms in total. The summed E-state index contributed by atoms with van der Waals surface area (Å²) < 4.78 is 39.0. The summed E-state index contributed by atoms with van der Waals surface area (Å²) in [5.74, 6) is -0.283. The lowest BCUT2D eigenvalue weighted by Gasteiger charge is -2.44. The minimum atomic E-state index is -1.05. The van der Waals surface area contributed by atoms with E-state index >= 15 is 4.39 Å². The van der Waals surface area contributed by atoms with Crippen molar-refractivity contribution in [2.45, 2.75) is 98.6 Å². The summed E-state index contributed by atoms with van der Waals surface area (Å²) in [6.45, 7) is 19.5. The van der Waals surface area contributed by atoms with Gasteiger partial charge < -0.3 is 24.5 Å². The van der Waals surface area contributed by atoms with Crippen LogP contribution in [0.4, 0.5) is 9.18 Å². The van der Waals surface area contributed by atoms with Gasteiger partial charge in [-0.25, -0.2) is 9.18 Å². The predicted octanol–water partition coefficient (Wildman–Crippen LogP) is 4.82. The molecule has 1 aliphatic rings. The minimum Gasteiger partial charge on any atom is -0.483 e. The maximum absolute atomic E-state index is 15.2. The van der Waals surface area contributed by atoms with Crippen LogP contribution in [-0.2, 0) is 14.0 Å². The Labute approximate surface area is 192 Å². The van der Waals surface area contributed by atoms with Crippen LogP contribution in [0.5, 0.6) is 5.75 Å². The van der Waals surface area contributed by atoms with E-state index in [4.69, 9.17) is 24.5 Å². The maximum Gasteiger partial charge on any atom is 0.494 e. The number of nitrogens with two attached hydrogens (primary N) is 1. The lowest BCUT2D eigenvalue weighted by Crippen LogP contribution is -2.55. The second-order valence-corrected chi connectivity index (χ2v) is 11.5. The van der Waals surface area contributed by atoms with E-state index in [0.29, 0.717) is 11.9 Å². The van der Waals surface area contributed by atoms with Crippen molar-refractivity contribution in [1.82, 2.24) is 0 Å². The Morgan fingerprint density at radius 2 is 1.66 bits per heavy atom. The fourth-order valence-electron chi connectivity index (χ4n) is 4.33. The first-order chi connectivity index (χ1) is 14.4. The minimum absolute atomic E-state index is 0.0632. The summed E-state index contributed by atoms with van der Waals surface area (Å²) in [6, 6.07) is 4.66. The summed E-state index contributed by atoms with van der Waals surface area (Å²) in [5, 5.41) is 0. The molecule has 0 spiro atoms. The molecule has 1 aliphatic heterocycles. The highest BCUT2D eigenvalue weighted by Crippen LogP contribution is 2.39. The van der Waals surface area contributed by atoms with Crippen LogP contribution >= 0.6 is 0 Å². The standard InChI is InChI=1S/C24H39BFNO5/c1-15(2)14-24(10,30-20(27)28)19(21(3,4)5)29-18-12-11-16(13-17(18)26)25-31-22(6,7)23(8,9)32-25/h11-13,15,19H,14H2,1-10H3,(H2,27,28). The van der Waals surface area contributed by atoms with Gasteiger partial charge in [-0.1, -0.05) is 40.7 Å². The monoisotopic (exact) mass is 451 g/mol. The van der Waals surface area contributed by atoms with Crippen LogP contribution in [-0.4, -0.2) is 36.1 Å². The number of rotatable bonds is 7. The molecular formula is C24H39BFNO5. The molecule has 0 aliphatic carbocycles. The molecule has 0 saturated carbocycles. The first kappa shape index (κ1) is 26.5. The molecule has 8 heteroatoms. The van der Waals surface area contributed by atoms with Gasteiger partial charge in [0.1, 0.15) is 11.7 Å². The van der Waals surface area contributed by atoms with Crippen LogP contribution in [0.25, 0.3) is 0 Å². The first-order valence-electron chi connectivity index (χ1n) is 11.2. The van der Waals surface area contributed by atoms with Gasteiger partial charge in [-0.15, -0.1) is 0 Å². The number of amides is 1. The van der Waals surface area contributed by atoms with Crippen molar-refractivity contribution in [3.8, 4) is 5.75 Å². The Bertz CT molecular complexity index is 820. The van der Waals surface area contributed by atoms with E-state index < -0.39 is 47.4 Å². The number of benzene rings is 1. The van der Waals surface area contributed by atoms with Gasteiger partial charge in [0.25, 0.3) is 0 Å². The number of halogens is 1. The fourth-order valence-corrected chi connectivity index (χ4v) is 4.33. The van der Waals surface area contributed by atoms with Crippen molar-refractivity contribution in [1.29, 1.82) is 0 Å². The molecule has 32 heavy (non-hydrogen) atoms. The highest BCUT2D eigenvalue weighted by Gasteiger charge is 2.52. The predicted molar refractivity (Wildman–Crippen MR) is 125 cm³/mol. The lowest BCUT2D eigenvalue weighted by atomic mass is 9.75. The summed E-state index contributed by atoms with van der Waals surface area (Å²) in [7, 11) is -0.675. The summed E-state index contributed by atoms with van der Waals surface area (Å²) in [4.78, 5) is 11.7. The zero-order valence-corrected chi connectivity index (χ0v) is 21.2. The molecule has 1 aromatic rings. The Kier molecular flexibility index (Phi) is 7.33. The van der Waals surface area contributed by atoms with Gasteiger partial charge in [-0.05, 0) is 64.6 Å². The second-order valence-electron chi connectivity index (χ2n) is 11.5. The molecule has 1 heterocycles. The molecule has 180 valence electrons. The SMILES string of the molecule is CC(C)CC(C)(OC(N)=O)C(Oc1ccc(B2OC(C)(C)C(C)(C)O2)cc1F)C(C)(C)C. The number of hydrogen-bond acceptors (Lipinski definition) is 5. The molecule has 2 unspecified atom stereocenters. The third-order valence-electron chi connectivity index (χ3n) is 6.21. The average Bonchev–Trinajstić information content (AvgIpc) is 2.78. The molecule has 1 aromatic carbocycles. The Morgan fingerprint density at radius 3 is 2.06 bits per heavy atom. The normalized spacial score (nSPS) is 20.7. The van der Waals surface area contributed by atoms with Crippen molar-refractivity contribution >= 4 is 18.7 Å². The molecule has 1 fully saturated rings. The Balaban J connectivity index is 2.36. The molecular weight excluding hydrogens is 412 g/mol. The zero-order valence-electron chi connectivity index (χ0n) is 21.2. The Morgan fingerprint density at radius 1 is 1.12 bits per heavy atom.